The fourth-order valence-electron chi connectivity index (χ4n) is 4.29. The summed E-state index contributed by atoms with van der Waals surface area (Å²) in [5.74, 6) is 1.62. The molecule has 0 spiro atoms. The van der Waals surface area contributed by atoms with E-state index in [2.05, 4.69) is 48.3 Å². The molecule has 2 fully saturated rings. The van der Waals surface area contributed by atoms with Crippen molar-refractivity contribution in [3.8, 4) is 0 Å². The number of nitrogens with zero attached hydrogens (tertiary/aromatic N) is 1. The average Bonchev–Trinajstić information content (AvgIpc) is 2.96. The van der Waals surface area contributed by atoms with Gasteiger partial charge < -0.3 is 10.2 Å². The van der Waals surface area contributed by atoms with Crippen molar-refractivity contribution in [2.45, 2.75) is 57.9 Å². The SMILES string of the molecule is Cc1ccccc1[C@H]1C[C@@H](C)N(C(=O)CCC2CCNCC2)C1. The number of rotatable bonds is 4. The Hall–Kier alpha value is -1.35. The monoisotopic (exact) mass is 314 g/mol. The van der Waals surface area contributed by atoms with Crippen LogP contribution in [0.4, 0.5) is 0 Å². The van der Waals surface area contributed by atoms with Crippen molar-refractivity contribution in [1.82, 2.24) is 10.2 Å². The minimum atomic E-state index is 0.368. The van der Waals surface area contributed by atoms with Gasteiger partial charge in [-0.1, -0.05) is 24.3 Å². The van der Waals surface area contributed by atoms with Gasteiger partial charge in [-0.2, -0.15) is 0 Å². The Labute approximate surface area is 140 Å². The molecule has 3 nitrogen and oxygen atoms in total. The van der Waals surface area contributed by atoms with E-state index in [1.54, 1.807) is 0 Å². The summed E-state index contributed by atoms with van der Waals surface area (Å²) < 4.78 is 0. The molecule has 0 aliphatic carbocycles. The highest BCUT2D eigenvalue weighted by atomic mass is 16.2. The Morgan fingerprint density at radius 2 is 2.00 bits per heavy atom. The van der Waals surface area contributed by atoms with Crippen LogP contribution in [-0.4, -0.2) is 36.5 Å². The summed E-state index contributed by atoms with van der Waals surface area (Å²) in [7, 11) is 0. The molecule has 1 N–H and O–H groups in total. The van der Waals surface area contributed by atoms with E-state index in [0.29, 0.717) is 17.9 Å². The van der Waals surface area contributed by atoms with Gasteiger partial charge in [0, 0.05) is 24.9 Å². The van der Waals surface area contributed by atoms with Crippen LogP contribution in [0, 0.1) is 12.8 Å². The zero-order valence-electron chi connectivity index (χ0n) is 14.6. The summed E-state index contributed by atoms with van der Waals surface area (Å²) in [5, 5.41) is 3.40. The smallest absolute Gasteiger partial charge is 0.222 e. The predicted molar refractivity (Wildman–Crippen MR) is 94.5 cm³/mol. The molecule has 23 heavy (non-hydrogen) atoms. The van der Waals surface area contributed by atoms with E-state index < -0.39 is 0 Å². The number of amides is 1. The Morgan fingerprint density at radius 1 is 1.26 bits per heavy atom. The number of benzene rings is 1. The van der Waals surface area contributed by atoms with Crippen molar-refractivity contribution in [2.24, 2.45) is 5.92 Å². The molecule has 0 aromatic heterocycles. The van der Waals surface area contributed by atoms with Gasteiger partial charge >= 0.3 is 0 Å². The average molecular weight is 314 g/mol. The number of nitrogens with one attached hydrogen (secondary N) is 1. The van der Waals surface area contributed by atoms with Crippen LogP contribution in [0.3, 0.4) is 0 Å². The molecule has 126 valence electrons. The minimum Gasteiger partial charge on any atom is -0.339 e. The van der Waals surface area contributed by atoms with Gasteiger partial charge in [0.25, 0.3) is 0 Å². The minimum absolute atomic E-state index is 0.368. The molecular formula is C20H30N2O. The summed E-state index contributed by atoms with van der Waals surface area (Å²) in [4.78, 5) is 14.8. The Balaban J connectivity index is 1.55. The van der Waals surface area contributed by atoms with Gasteiger partial charge in [-0.25, -0.2) is 0 Å². The lowest BCUT2D eigenvalue weighted by molar-refractivity contribution is -0.132. The van der Waals surface area contributed by atoms with Crippen LogP contribution < -0.4 is 5.32 Å². The van der Waals surface area contributed by atoms with Crippen molar-refractivity contribution < 1.29 is 4.79 Å². The normalized spacial score (nSPS) is 25.7. The fourth-order valence-corrected chi connectivity index (χ4v) is 4.29. The lowest BCUT2D eigenvalue weighted by atomic mass is 9.93. The highest BCUT2D eigenvalue weighted by Crippen LogP contribution is 2.34. The highest BCUT2D eigenvalue weighted by Gasteiger charge is 2.33. The lowest BCUT2D eigenvalue weighted by Crippen LogP contribution is -2.34. The summed E-state index contributed by atoms with van der Waals surface area (Å²) in [5.41, 5.74) is 2.78. The van der Waals surface area contributed by atoms with Crippen molar-refractivity contribution >= 4 is 5.91 Å². The first-order valence-corrected chi connectivity index (χ1v) is 9.21. The summed E-state index contributed by atoms with van der Waals surface area (Å²) in [6.07, 6.45) is 5.36. The van der Waals surface area contributed by atoms with Crippen molar-refractivity contribution in [3.05, 3.63) is 35.4 Å². The maximum absolute atomic E-state index is 12.7. The third-order valence-corrected chi connectivity index (χ3v) is 5.75. The number of hydrogen-bond donors (Lipinski definition) is 1. The zero-order chi connectivity index (χ0) is 16.2. The number of carbonyl (C=O) groups is 1. The molecule has 3 heteroatoms. The van der Waals surface area contributed by atoms with Gasteiger partial charge in [0.2, 0.25) is 5.91 Å². The van der Waals surface area contributed by atoms with E-state index >= 15 is 0 Å². The largest absolute Gasteiger partial charge is 0.339 e. The molecular weight excluding hydrogens is 284 g/mol. The molecule has 3 rings (SSSR count). The first-order chi connectivity index (χ1) is 11.1. The van der Waals surface area contributed by atoms with Gasteiger partial charge in [-0.05, 0) is 69.7 Å². The second-order valence-electron chi connectivity index (χ2n) is 7.42. The molecule has 0 radical (unpaired) electrons. The van der Waals surface area contributed by atoms with E-state index in [1.807, 2.05) is 0 Å². The summed E-state index contributed by atoms with van der Waals surface area (Å²) in [6.45, 7) is 7.53. The quantitative estimate of drug-likeness (QED) is 0.923. The molecule has 2 saturated heterocycles. The molecule has 0 bridgehead atoms. The zero-order valence-corrected chi connectivity index (χ0v) is 14.6. The van der Waals surface area contributed by atoms with Gasteiger partial charge in [-0.15, -0.1) is 0 Å². The van der Waals surface area contributed by atoms with E-state index in [-0.39, 0.29) is 0 Å². The van der Waals surface area contributed by atoms with Gasteiger partial charge in [0.15, 0.2) is 0 Å². The Kier molecular flexibility index (Phi) is 5.37. The number of aryl methyl sites for hydroxylation is 1. The predicted octanol–water partition coefficient (Wildman–Crippen LogP) is 3.48. The summed E-state index contributed by atoms with van der Waals surface area (Å²) in [6, 6.07) is 9.01. The van der Waals surface area contributed by atoms with E-state index in [1.165, 1.54) is 24.0 Å². The number of hydrogen-bond acceptors (Lipinski definition) is 2. The fraction of sp³-hybridized carbons (Fsp3) is 0.650. The van der Waals surface area contributed by atoms with Gasteiger partial charge in [0.1, 0.15) is 0 Å². The van der Waals surface area contributed by atoms with E-state index in [4.69, 9.17) is 0 Å². The molecule has 2 heterocycles. The first-order valence-electron chi connectivity index (χ1n) is 9.21. The Morgan fingerprint density at radius 3 is 2.74 bits per heavy atom. The molecule has 2 aliphatic rings. The number of carbonyl (C=O) groups excluding carboxylic acids is 1. The Bertz CT molecular complexity index is 536. The second-order valence-corrected chi connectivity index (χ2v) is 7.42. The third-order valence-electron chi connectivity index (χ3n) is 5.75. The van der Waals surface area contributed by atoms with Crippen LogP contribution >= 0.6 is 0 Å². The van der Waals surface area contributed by atoms with Crippen LogP contribution in [0.15, 0.2) is 24.3 Å². The van der Waals surface area contributed by atoms with Gasteiger partial charge in [0.05, 0.1) is 0 Å². The van der Waals surface area contributed by atoms with Crippen molar-refractivity contribution in [3.63, 3.8) is 0 Å². The molecule has 1 aromatic rings. The topological polar surface area (TPSA) is 32.3 Å². The molecule has 0 unspecified atom stereocenters. The maximum Gasteiger partial charge on any atom is 0.222 e. The van der Waals surface area contributed by atoms with E-state index in [9.17, 15) is 4.79 Å². The molecule has 1 amide bonds. The third kappa shape index (κ3) is 3.95. The van der Waals surface area contributed by atoms with Crippen LogP contribution in [-0.2, 0) is 4.79 Å². The molecule has 0 saturated carbocycles. The van der Waals surface area contributed by atoms with Crippen LogP contribution in [0.2, 0.25) is 0 Å². The highest BCUT2D eigenvalue weighted by molar-refractivity contribution is 5.77. The maximum atomic E-state index is 12.7. The van der Waals surface area contributed by atoms with Crippen molar-refractivity contribution in [1.29, 1.82) is 0 Å². The summed E-state index contributed by atoms with van der Waals surface area (Å²) >= 11 is 0. The van der Waals surface area contributed by atoms with Crippen LogP contribution in [0.25, 0.3) is 0 Å². The van der Waals surface area contributed by atoms with Crippen LogP contribution in [0.1, 0.15) is 56.1 Å². The second kappa shape index (κ2) is 7.48. The van der Waals surface area contributed by atoms with Gasteiger partial charge in [-0.3, -0.25) is 4.79 Å². The first kappa shape index (κ1) is 16.5. The lowest BCUT2D eigenvalue weighted by Gasteiger charge is -2.25. The van der Waals surface area contributed by atoms with Crippen LogP contribution in [0.5, 0.6) is 0 Å². The number of likely N-dealkylation sites (tertiary alicyclic amines) is 1. The number of piperidine rings is 1. The molecule has 2 aliphatic heterocycles. The molecule has 2 atom stereocenters. The standard InChI is InChI=1S/C20H30N2O/c1-15-5-3-4-6-19(15)18-13-16(2)22(14-18)20(23)8-7-17-9-11-21-12-10-17/h3-6,16-18,21H,7-14H2,1-2H3/t16-,18+/m1/s1. The van der Waals surface area contributed by atoms with E-state index in [0.717, 1.165) is 44.8 Å². The van der Waals surface area contributed by atoms with Crippen molar-refractivity contribution in [2.75, 3.05) is 19.6 Å². The molecule has 1 aromatic carbocycles.